The van der Waals surface area contributed by atoms with Crippen molar-refractivity contribution in [2.24, 2.45) is 0 Å². The second-order valence-corrected chi connectivity index (χ2v) is 4.87. The number of carbonyl (C=O) groups excluding carboxylic acids is 2. The van der Waals surface area contributed by atoms with Crippen LogP contribution in [-0.2, 0) is 31.9 Å². The molecule has 22 heavy (non-hydrogen) atoms. The maximum Gasteiger partial charge on any atom is 0.354 e. The quantitative estimate of drug-likeness (QED) is 0.643. The van der Waals surface area contributed by atoms with Crippen molar-refractivity contribution in [1.29, 1.82) is 0 Å². The molecule has 0 amide bonds. The molecule has 1 N–H and O–H groups in total. The Labute approximate surface area is 135 Å². The van der Waals surface area contributed by atoms with E-state index in [0.717, 1.165) is 29.3 Å². The fourth-order valence-corrected chi connectivity index (χ4v) is 2.33. The Hall–Kier alpha value is -2.01. The zero-order chi connectivity index (χ0) is 16.7. The Morgan fingerprint density at radius 1 is 1.18 bits per heavy atom. The van der Waals surface area contributed by atoms with Crippen molar-refractivity contribution in [3.63, 3.8) is 0 Å². The van der Waals surface area contributed by atoms with Crippen LogP contribution in [0.4, 0.5) is 5.69 Å². The molecule has 0 saturated heterocycles. The molecule has 0 atom stereocenters. The van der Waals surface area contributed by atoms with E-state index in [1.54, 1.807) is 0 Å². The van der Waals surface area contributed by atoms with Gasteiger partial charge in [-0.05, 0) is 30.0 Å². The Morgan fingerprint density at radius 3 is 2.36 bits per heavy atom. The minimum absolute atomic E-state index is 0.000941. The fourth-order valence-electron chi connectivity index (χ4n) is 2.03. The zero-order valence-corrected chi connectivity index (χ0v) is 13.9. The third kappa shape index (κ3) is 4.24. The standard InChI is InChI=1S/C16H20ClNO4/c1-5-10-7-8-12(17)11(6-2)15(10)18-13(16(20)22-4)9-14(19)21-3/h7-9,18H,5-6H2,1-4H3/b13-9+. The highest BCUT2D eigenvalue weighted by molar-refractivity contribution is 6.31. The van der Waals surface area contributed by atoms with E-state index >= 15 is 0 Å². The SMILES string of the molecule is CCc1ccc(Cl)c(CC)c1N/C(=C/C(=O)OC)C(=O)OC. The Bertz CT molecular complexity index is 596. The number of aryl methyl sites for hydroxylation is 1. The van der Waals surface area contributed by atoms with E-state index in [9.17, 15) is 9.59 Å². The van der Waals surface area contributed by atoms with Gasteiger partial charge in [-0.25, -0.2) is 9.59 Å². The lowest BCUT2D eigenvalue weighted by atomic mass is 10.0. The molecule has 0 aromatic heterocycles. The van der Waals surface area contributed by atoms with E-state index in [1.165, 1.54) is 14.2 Å². The molecule has 0 saturated carbocycles. The van der Waals surface area contributed by atoms with Gasteiger partial charge < -0.3 is 14.8 Å². The summed E-state index contributed by atoms with van der Waals surface area (Å²) < 4.78 is 9.26. The first-order valence-electron chi connectivity index (χ1n) is 6.93. The van der Waals surface area contributed by atoms with Crippen LogP contribution >= 0.6 is 11.6 Å². The average molecular weight is 326 g/mol. The molecule has 0 unspecified atom stereocenters. The van der Waals surface area contributed by atoms with Gasteiger partial charge in [0.05, 0.1) is 20.3 Å². The van der Waals surface area contributed by atoms with Gasteiger partial charge in [-0.1, -0.05) is 31.5 Å². The van der Waals surface area contributed by atoms with E-state index in [2.05, 4.69) is 10.1 Å². The number of rotatable bonds is 6. The van der Waals surface area contributed by atoms with Gasteiger partial charge in [-0.3, -0.25) is 0 Å². The molecule has 0 heterocycles. The van der Waals surface area contributed by atoms with Crippen molar-refractivity contribution in [3.8, 4) is 0 Å². The highest BCUT2D eigenvalue weighted by Gasteiger charge is 2.17. The Kier molecular flexibility index (Phi) is 6.92. The minimum atomic E-state index is -0.658. The second kappa shape index (κ2) is 8.44. The van der Waals surface area contributed by atoms with Crippen LogP contribution in [0.15, 0.2) is 23.9 Å². The summed E-state index contributed by atoms with van der Waals surface area (Å²) in [5.41, 5.74) is 2.58. The normalized spacial score (nSPS) is 11.0. The molecule has 0 bridgehead atoms. The summed E-state index contributed by atoms with van der Waals surface area (Å²) in [5.74, 6) is -1.31. The van der Waals surface area contributed by atoms with Gasteiger partial charge in [0.1, 0.15) is 5.70 Å². The predicted octanol–water partition coefficient (Wildman–Crippen LogP) is 3.11. The highest BCUT2D eigenvalue weighted by Crippen LogP contribution is 2.30. The number of carbonyl (C=O) groups is 2. The molecule has 0 aliphatic rings. The molecule has 5 nitrogen and oxygen atoms in total. The van der Waals surface area contributed by atoms with Gasteiger partial charge in [-0.2, -0.15) is 0 Å². The topological polar surface area (TPSA) is 64.6 Å². The largest absolute Gasteiger partial charge is 0.466 e. The third-order valence-corrected chi connectivity index (χ3v) is 3.56. The monoisotopic (exact) mass is 325 g/mol. The van der Waals surface area contributed by atoms with Crippen molar-refractivity contribution in [2.75, 3.05) is 19.5 Å². The smallest absolute Gasteiger partial charge is 0.354 e. The van der Waals surface area contributed by atoms with Crippen LogP contribution in [0.1, 0.15) is 25.0 Å². The summed E-state index contributed by atoms with van der Waals surface area (Å²) in [5, 5.41) is 3.58. The zero-order valence-electron chi connectivity index (χ0n) is 13.2. The van der Waals surface area contributed by atoms with Gasteiger partial charge >= 0.3 is 11.9 Å². The van der Waals surface area contributed by atoms with E-state index in [1.807, 2.05) is 26.0 Å². The molecule has 1 aromatic carbocycles. The number of hydrogen-bond donors (Lipinski definition) is 1. The Morgan fingerprint density at radius 2 is 1.86 bits per heavy atom. The number of anilines is 1. The maximum absolute atomic E-state index is 11.9. The summed E-state index contributed by atoms with van der Waals surface area (Å²) in [7, 11) is 2.48. The first kappa shape index (κ1) is 18.0. The summed E-state index contributed by atoms with van der Waals surface area (Å²) in [4.78, 5) is 23.3. The molecule has 0 fully saturated rings. The second-order valence-electron chi connectivity index (χ2n) is 4.46. The lowest BCUT2D eigenvalue weighted by Gasteiger charge is -2.17. The van der Waals surface area contributed by atoms with Gasteiger partial charge in [0.2, 0.25) is 0 Å². The lowest BCUT2D eigenvalue weighted by molar-refractivity contribution is -0.138. The summed E-state index contributed by atoms with van der Waals surface area (Å²) >= 11 is 6.22. The molecule has 6 heteroatoms. The highest BCUT2D eigenvalue weighted by atomic mass is 35.5. The van der Waals surface area contributed by atoms with E-state index < -0.39 is 11.9 Å². The predicted molar refractivity (Wildman–Crippen MR) is 85.9 cm³/mol. The fraction of sp³-hybridized carbons (Fsp3) is 0.375. The van der Waals surface area contributed by atoms with Crippen LogP contribution in [0.5, 0.6) is 0 Å². The van der Waals surface area contributed by atoms with Gasteiger partial charge in [0, 0.05) is 10.7 Å². The number of ether oxygens (including phenoxy) is 2. The number of halogens is 1. The minimum Gasteiger partial charge on any atom is -0.466 e. The Balaban J connectivity index is 3.34. The summed E-state index contributed by atoms with van der Waals surface area (Å²) in [6, 6.07) is 3.71. The molecule has 0 spiro atoms. The first-order chi connectivity index (χ1) is 10.5. The molecule has 1 aromatic rings. The van der Waals surface area contributed by atoms with Crippen molar-refractivity contribution in [1.82, 2.24) is 0 Å². The van der Waals surface area contributed by atoms with Crippen LogP contribution in [-0.4, -0.2) is 26.2 Å². The number of esters is 2. The first-order valence-corrected chi connectivity index (χ1v) is 7.31. The van der Waals surface area contributed by atoms with Crippen LogP contribution < -0.4 is 5.32 Å². The van der Waals surface area contributed by atoms with Crippen LogP contribution in [0.2, 0.25) is 5.02 Å². The molecule has 0 radical (unpaired) electrons. The molecule has 1 rings (SSSR count). The van der Waals surface area contributed by atoms with Crippen molar-refractivity contribution < 1.29 is 19.1 Å². The van der Waals surface area contributed by atoms with Crippen molar-refractivity contribution in [2.45, 2.75) is 26.7 Å². The van der Waals surface area contributed by atoms with E-state index in [4.69, 9.17) is 16.3 Å². The molecule has 0 aliphatic heterocycles. The average Bonchev–Trinajstić information content (AvgIpc) is 2.53. The number of methoxy groups -OCH3 is 2. The van der Waals surface area contributed by atoms with Gasteiger partial charge in [0.15, 0.2) is 0 Å². The van der Waals surface area contributed by atoms with E-state index in [-0.39, 0.29) is 5.70 Å². The van der Waals surface area contributed by atoms with E-state index in [0.29, 0.717) is 11.4 Å². The summed E-state index contributed by atoms with van der Waals surface area (Å²) in [6.45, 7) is 3.96. The van der Waals surface area contributed by atoms with Crippen LogP contribution in [0, 0.1) is 0 Å². The number of nitrogens with one attached hydrogen (secondary N) is 1. The molecule has 120 valence electrons. The van der Waals surface area contributed by atoms with Gasteiger partial charge in [0.25, 0.3) is 0 Å². The number of hydrogen-bond acceptors (Lipinski definition) is 5. The maximum atomic E-state index is 11.9. The van der Waals surface area contributed by atoms with Crippen LogP contribution in [0.25, 0.3) is 0 Å². The molecular weight excluding hydrogens is 306 g/mol. The van der Waals surface area contributed by atoms with Crippen molar-refractivity contribution in [3.05, 3.63) is 40.1 Å². The summed E-state index contributed by atoms with van der Waals surface area (Å²) in [6.07, 6.45) is 2.49. The van der Waals surface area contributed by atoms with Crippen molar-refractivity contribution >= 4 is 29.2 Å². The van der Waals surface area contributed by atoms with Gasteiger partial charge in [-0.15, -0.1) is 0 Å². The van der Waals surface area contributed by atoms with Crippen LogP contribution in [0.3, 0.4) is 0 Å². The third-order valence-electron chi connectivity index (χ3n) is 3.20. The molecular formula is C16H20ClNO4. The number of benzene rings is 1. The molecule has 0 aliphatic carbocycles. The lowest BCUT2D eigenvalue weighted by Crippen LogP contribution is -2.17.